The number of carbonyl (C=O) groups is 1. The summed E-state index contributed by atoms with van der Waals surface area (Å²) in [6, 6.07) is 0.0957. The summed E-state index contributed by atoms with van der Waals surface area (Å²) in [5, 5.41) is 15.6. The van der Waals surface area contributed by atoms with Crippen LogP contribution in [0.15, 0.2) is 0 Å². The van der Waals surface area contributed by atoms with Crippen LogP contribution in [0.3, 0.4) is 0 Å². The second-order valence-corrected chi connectivity index (χ2v) is 4.70. The molecule has 0 saturated carbocycles. The average Bonchev–Trinajstić information content (AvgIpc) is 2.30. The highest BCUT2D eigenvalue weighted by Gasteiger charge is 2.31. The van der Waals surface area contributed by atoms with Crippen molar-refractivity contribution in [3.05, 3.63) is 0 Å². The monoisotopic (exact) mass is 212 g/mol. The molecule has 86 valence electrons. The van der Waals surface area contributed by atoms with Crippen LogP contribution in [0.1, 0.15) is 32.1 Å². The molecule has 3 atom stereocenters. The number of piperidine rings is 2. The van der Waals surface area contributed by atoms with Crippen LogP contribution in [0.4, 0.5) is 0 Å². The molecule has 0 aromatic rings. The molecule has 4 heteroatoms. The molecule has 0 bridgehead atoms. The van der Waals surface area contributed by atoms with Crippen LogP contribution in [0, 0.1) is 5.92 Å². The first-order valence-electron chi connectivity index (χ1n) is 5.97. The van der Waals surface area contributed by atoms with E-state index in [0.717, 1.165) is 32.4 Å². The Hall–Kier alpha value is -0.610. The summed E-state index contributed by atoms with van der Waals surface area (Å²) in [5.41, 5.74) is 0. The third-order valence-electron chi connectivity index (χ3n) is 3.63. The maximum absolute atomic E-state index is 10.9. The van der Waals surface area contributed by atoms with E-state index in [4.69, 9.17) is 5.11 Å². The average molecular weight is 212 g/mol. The summed E-state index contributed by atoms with van der Waals surface area (Å²) >= 11 is 0. The third-order valence-corrected chi connectivity index (χ3v) is 3.63. The number of nitrogens with one attached hydrogen (secondary N) is 2. The zero-order valence-electron chi connectivity index (χ0n) is 9.04. The van der Waals surface area contributed by atoms with E-state index in [0.29, 0.717) is 12.0 Å². The molecule has 2 rings (SSSR count). The standard InChI is InChI=1S/C11H20N2O2/c14-11(15)10-5-1-4-9(13-10)8-3-2-6-12-7-8/h8-10,12-13H,1-7H2,(H,14,15)/t8?,9?,10-/m0/s1. The molecule has 2 aliphatic heterocycles. The van der Waals surface area contributed by atoms with E-state index in [-0.39, 0.29) is 6.04 Å². The van der Waals surface area contributed by atoms with Crippen molar-refractivity contribution in [1.29, 1.82) is 0 Å². The van der Waals surface area contributed by atoms with Gasteiger partial charge in [-0.25, -0.2) is 0 Å². The zero-order chi connectivity index (χ0) is 10.7. The Morgan fingerprint density at radius 2 is 2.07 bits per heavy atom. The van der Waals surface area contributed by atoms with Crippen molar-refractivity contribution in [3.8, 4) is 0 Å². The van der Waals surface area contributed by atoms with Crippen LogP contribution >= 0.6 is 0 Å². The Morgan fingerprint density at radius 3 is 2.73 bits per heavy atom. The van der Waals surface area contributed by atoms with Crippen LogP contribution in [0.5, 0.6) is 0 Å². The lowest BCUT2D eigenvalue weighted by Gasteiger charge is -2.36. The van der Waals surface area contributed by atoms with Crippen molar-refractivity contribution >= 4 is 5.97 Å². The number of hydrogen-bond donors (Lipinski definition) is 3. The summed E-state index contributed by atoms with van der Waals surface area (Å²) in [6.07, 6.45) is 5.42. The first-order chi connectivity index (χ1) is 7.27. The largest absolute Gasteiger partial charge is 0.480 e. The highest BCUT2D eigenvalue weighted by molar-refractivity contribution is 5.73. The normalized spacial score (nSPS) is 37.5. The van der Waals surface area contributed by atoms with Crippen molar-refractivity contribution in [2.75, 3.05) is 13.1 Å². The highest BCUT2D eigenvalue weighted by Crippen LogP contribution is 2.23. The van der Waals surface area contributed by atoms with Crippen LogP contribution < -0.4 is 10.6 Å². The van der Waals surface area contributed by atoms with E-state index in [1.165, 1.54) is 12.8 Å². The fourth-order valence-electron chi connectivity index (χ4n) is 2.76. The van der Waals surface area contributed by atoms with Crippen LogP contribution in [0.25, 0.3) is 0 Å². The number of rotatable bonds is 2. The first kappa shape index (κ1) is 10.9. The molecule has 2 fully saturated rings. The van der Waals surface area contributed by atoms with Crippen LogP contribution in [-0.2, 0) is 4.79 Å². The van der Waals surface area contributed by atoms with Gasteiger partial charge < -0.3 is 15.7 Å². The predicted molar refractivity (Wildman–Crippen MR) is 57.8 cm³/mol. The second kappa shape index (κ2) is 4.94. The van der Waals surface area contributed by atoms with Gasteiger partial charge in [0.25, 0.3) is 0 Å². The Morgan fingerprint density at radius 1 is 1.20 bits per heavy atom. The lowest BCUT2D eigenvalue weighted by Crippen LogP contribution is -2.52. The Kier molecular flexibility index (Phi) is 3.59. The number of carboxylic acid groups (broad SMARTS) is 1. The number of hydrogen-bond acceptors (Lipinski definition) is 3. The van der Waals surface area contributed by atoms with Gasteiger partial charge in [-0.05, 0) is 51.1 Å². The van der Waals surface area contributed by atoms with E-state index in [9.17, 15) is 4.79 Å². The van der Waals surface area contributed by atoms with E-state index in [1.807, 2.05) is 0 Å². The van der Waals surface area contributed by atoms with Gasteiger partial charge in [-0.2, -0.15) is 0 Å². The van der Waals surface area contributed by atoms with Gasteiger partial charge in [0.2, 0.25) is 0 Å². The van der Waals surface area contributed by atoms with Crippen LogP contribution in [-0.4, -0.2) is 36.2 Å². The molecule has 0 spiro atoms. The van der Waals surface area contributed by atoms with Gasteiger partial charge in [-0.15, -0.1) is 0 Å². The van der Waals surface area contributed by atoms with E-state index >= 15 is 0 Å². The lowest BCUT2D eigenvalue weighted by molar-refractivity contribution is -0.140. The number of aliphatic carboxylic acids is 1. The predicted octanol–water partition coefficient (Wildman–Crippen LogP) is 0.581. The quantitative estimate of drug-likeness (QED) is 0.626. The maximum Gasteiger partial charge on any atom is 0.320 e. The van der Waals surface area contributed by atoms with Gasteiger partial charge in [-0.1, -0.05) is 0 Å². The molecule has 4 nitrogen and oxygen atoms in total. The zero-order valence-corrected chi connectivity index (χ0v) is 9.04. The van der Waals surface area contributed by atoms with E-state index in [1.54, 1.807) is 0 Å². The summed E-state index contributed by atoms with van der Waals surface area (Å²) < 4.78 is 0. The Labute approximate surface area is 90.4 Å². The first-order valence-corrected chi connectivity index (χ1v) is 5.97. The fraction of sp³-hybridized carbons (Fsp3) is 0.909. The molecule has 0 amide bonds. The molecule has 2 unspecified atom stereocenters. The molecular weight excluding hydrogens is 192 g/mol. The maximum atomic E-state index is 10.9. The molecule has 0 aromatic heterocycles. The van der Waals surface area contributed by atoms with Gasteiger partial charge in [0, 0.05) is 6.04 Å². The van der Waals surface area contributed by atoms with Gasteiger partial charge in [-0.3, -0.25) is 4.79 Å². The smallest absolute Gasteiger partial charge is 0.320 e. The molecule has 3 N–H and O–H groups in total. The van der Waals surface area contributed by atoms with Crippen molar-refractivity contribution in [2.24, 2.45) is 5.92 Å². The van der Waals surface area contributed by atoms with Crippen molar-refractivity contribution < 1.29 is 9.90 Å². The van der Waals surface area contributed by atoms with Crippen molar-refractivity contribution in [1.82, 2.24) is 10.6 Å². The second-order valence-electron chi connectivity index (χ2n) is 4.70. The minimum atomic E-state index is -0.691. The molecule has 0 radical (unpaired) electrons. The molecule has 15 heavy (non-hydrogen) atoms. The molecule has 0 aliphatic carbocycles. The number of carboxylic acids is 1. The minimum Gasteiger partial charge on any atom is -0.480 e. The summed E-state index contributed by atoms with van der Waals surface area (Å²) in [7, 11) is 0. The molecule has 2 aliphatic rings. The minimum absolute atomic E-state index is 0.314. The lowest BCUT2D eigenvalue weighted by atomic mass is 9.85. The van der Waals surface area contributed by atoms with E-state index in [2.05, 4.69) is 10.6 Å². The topological polar surface area (TPSA) is 61.4 Å². The SMILES string of the molecule is O=C(O)[C@@H]1CCCC(C2CCCNC2)N1. The van der Waals surface area contributed by atoms with E-state index < -0.39 is 5.97 Å². The Balaban J connectivity index is 1.88. The van der Waals surface area contributed by atoms with Gasteiger partial charge in [0.05, 0.1) is 0 Å². The van der Waals surface area contributed by atoms with Gasteiger partial charge >= 0.3 is 5.97 Å². The van der Waals surface area contributed by atoms with Crippen molar-refractivity contribution in [3.63, 3.8) is 0 Å². The molecular formula is C11H20N2O2. The third kappa shape index (κ3) is 2.69. The molecule has 2 heterocycles. The van der Waals surface area contributed by atoms with Crippen molar-refractivity contribution in [2.45, 2.75) is 44.2 Å². The van der Waals surface area contributed by atoms with Crippen LogP contribution in [0.2, 0.25) is 0 Å². The summed E-state index contributed by atoms with van der Waals surface area (Å²) in [6.45, 7) is 2.16. The summed E-state index contributed by atoms with van der Waals surface area (Å²) in [5.74, 6) is -0.0654. The van der Waals surface area contributed by atoms with Gasteiger partial charge in [0.15, 0.2) is 0 Å². The summed E-state index contributed by atoms with van der Waals surface area (Å²) in [4.78, 5) is 10.9. The molecule has 2 saturated heterocycles. The molecule has 0 aromatic carbocycles. The fourth-order valence-corrected chi connectivity index (χ4v) is 2.76. The Bertz CT molecular complexity index is 227. The van der Waals surface area contributed by atoms with Gasteiger partial charge in [0.1, 0.15) is 6.04 Å². The highest BCUT2D eigenvalue weighted by atomic mass is 16.4.